The molecule has 3 rings (SSSR count). The molecule has 0 N–H and O–H groups in total. The number of hydrogen-bond donors (Lipinski definition) is 0. The molecule has 0 bridgehead atoms. The first-order valence-corrected chi connectivity index (χ1v) is 10.3. The highest BCUT2D eigenvalue weighted by molar-refractivity contribution is 7.99. The Bertz CT molecular complexity index is 811. The van der Waals surface area contributed by atoms with Crippen molar-refractivity contribution in [3.05, 3.63) is 63.1 Å². The monoisotopic (exact) mass is 429 g/mol. The van der Waals surface area contributed by atoms with E-state index in [1.165, 1.54) is 0 Å². The number of ether oxygens (including phenoxy) is 1. The fourth-order valence-corrected chi connectivity index (χ4v) is 4.82. The predicted octanol–water partition coefficient (Wildman–Crippen LogP) is 6.08. The van der Waals surface area contributed by atoms with Gasteiger partial charge in [-0.05, 0) is 50.2 Å². The second-order valence-electron chi connectivity index (χ2n) is 6.45. The maximum absolute atomic E-state index is 13.2. The van der Waals surface area contributed by atoms with Crippen molar-refractivity contribution in [2.75, 3.05) is 12.3 Å². The lowest BCUT2D eigenvalue weighted by Gasteiger charge is -2.33. The minimum atomic E-state index is -1.02. The molecule has 0 aliphatic carbocycles. The van der Waals surface area contributed by atoms with Crippen molar-refractivity contribution in [2.45, 2.75) is 24.8 Å². The van der Waals surface area contributed by atoms with Crippen LogP contribution in [-0.2, 0) is 4.79 Å². The Morgan fingerprint density at radius 3 is 2.42 bits per heavy atom. The van der Waals surface area contributed by atoms with Gasteiger partial charge in [0.2, 0.25) is 0 Å². The third-order valence-corrected chi connectivity index (χ3v) is 6.14. The zero-order chi connectivity index (χ0) is 18.9. The highest BCUT2D eigenvalue weighted by atomic mass is 35.5. The van der Waals surface area contributed by atoms with Crippen LogP contribution in [0.3, 0.4) is 0 Å². The normalized spacial score (nSPS) is 17.4. The van der Waals surface area contributed by atoms with Crippen LogP contribution in [0.4, 0.5) is 0 Å². The quantitative estimate of drug-likeness (QED) is 0.589. The summed E-state index contributed by atoms with van der Waals surface area (Å²) < 4.78 is 5.95. The van der Waals surface area contributed by atoms with Gasteiger partial charge in [0, 0.05) is 32.9 Å². The molecular formula is C19H18Cl3NO2S. The van der Waals surface area contributed by atoms with Crippen molar-refractivity contribution in [2.24, 2.45) is 0 Å². The second-order valence-corrected chi connectivity index (χ2v) is 8.92. The molecule has 0 saturated carbocycles. The molecule has 7 heteroatoms. The van der Waals surface area contributed by atoms with E-state index in [0.29, 0.717) is 27.4 Å². The smallest absolute Gasteiger partial charge is 0.267 e. The summed E-state index contributed by atoms with van der Waals surface area (Å²) in [6.07, 6.45) is 0. The van der Waals surface area contributed by atoms with Gasteiger partial charge in [-0.3, -0.25) is 4.79 Å². The van der Waals surface area contributed by atoms with Gasteiger partial charge < -0.3 is 9.64 Å². The number of carbonyl (C=O) groups excluding carboxylic acids is 1. The van der Waals surface area contributed by atoms with Gasteiger partial charge >= 0.3 is 0 Å². The molecule has 2 aromatic rings. The molecule has 1 aliphatic heterocycles. The van der Waals surface area contributed by atoms with Gasteiger partial charge in [0.1, 0.15) is 11.1 Å². The van der Waals surface area contributed by atoms with Crippen LogP contribution in [0.1, 0.15) is 24.8 Å². The average Bonchev–Trinajstić information content (AvgIpc) is 3.05. The van der Waals surface area contributed by atoms with Gasteiger partial charge in [-0.15, -0.1) is 11.8 Å². The zero-order valence-electron chi connectivity index (χ0n) is 14.3. The first-order chi connectivity index (χ1) is 12.3. The molecule has 26 heavy (non-hydrogen) atoms. The maximum atomic E-state index is 13.2. The summed E-state index contributed by atoms with van der Waals surface area (Å²) in [7, 11) is 0. The van der Waals surface area contributed by atoms with Gasteiger partial charge in [0.15, 0.2) is 5.60 Å². The molecule has 1 fully saturated rings. The molecule has 1 heterocycles. The van der Waals surface area contributed by atoms with Crippen LogP contribution >= 0.6 is 46.6 Å². The lowest BCUT2D eigenvalue weighted by Crippen LogP contribution is -2.48. The Morgan fingerprint density at radius 2 is 1.77 bits per heavy atom. The second kappa shape index (κ2) is 7.89. The van der Waals surface area contributed by atoms with Gasteiger partial charge in [0.05, 0.1) is 0 Å². The Labute approximate surface area is 172 Å². The van der Waals surface area contributed by atoms with E-state index < -0.39 is 5.60 Å². The number of amides is 1. The standard InChI is InChI=1S/C19H18Cl3NO2S/c1-19(2,25-14-6-3-12(20)4-7-14)18(24)23-9-10-26-17(23)15-8-5-13(21)11-16(15)22/h3-8,11,17H,9-10H2,1-2H3. The lowest BCUT2D eigenvalue weighted by atomic mass is 10.1. The van der Waals surface area contributed by atoms with E-state index in [2.05, 4.69) is 0 Å². The minimum absolute atomic E-state index is 0.0894. The first-order valence-electron chi connectivity index (χ1n) is 8.10. The van der Waals surface area contributed by atoms with E-state index >= 15 is 0 Å². The number of halogens is 3. The van der Waals surface area contributed by atoms with Crippen LogP contribution < -0.4 is 4.74 Å². The number of carbonyl (C=O) groups is 1. The Kier molecular flexibility index (Phi) is 5.97. The fourth-order valence-electron chi connectivity index (χ4n) is 2.82. The Morgan fingerprint density at radius 1 is 1.12 bits per heavy atom. The summed E-state index contributed by atoms with van der Waals surface area (Å²) >= 11 is 19.9. The zero-order valence-corrected chi connectivity index (χ0v) is 17.4. The Hall–Kier alpha value is -1.07. The van der Waals surface area contributed by atoms with E-state index in [0.717, 1.165) is 11.3 Å². The van der Waals surface area contributed by atoms with Crippen molar-refractivity contribution in [3.63, 3.8) is 0 Å². The molecule has 2 aromatic carbocycles. The lowest BCUT2D eigenvalue weighted by molar-refractivity contribution is -0.145. The molecule has 3 nitrogen and oxygen atoms in total. The number of thioether (sulfide) groups is 1. The molecule has 1 unspecified atom stereocenters. The van der Waals surface area contributed by atoms with Crippen molar-refractivity contribution in [1.29, 1.82) is 0 Å². The maximum Gasteiger partial charge on any atom is 0.267 e. The number of hydrogen-bond acceptors (Lipinski definition) is 3. The summed E-state index contributed by atoms with van der Waals surface area (Å²) in [6.45, 7) is 4.18. The van der Waals surface area contributed by atoms with Gasteiger partial charge in [-0.1, -0.05) is 40.9 Å². The summed E-state index contributed by atoms with van der Waals surface area (Å²) in [5.41, 5.74) is -0.134. The Balaban J connectivity index is 1.81. The number of benzene rings is 2. The number of nitrogens with zero attached hydrogens (tertiary/aromatic N) is 1. The van der Waals surface area contributed by atoms with Gasteiger partial charge in [0.25, 0.3) is 5.91 Å². The van der Waals surface area contributed by atoms with Crippen LogP contribution in [0.5, 0.6) is 5.75 Å². The predicted molar refractivity (Wildman–Crippen MR) is 110 cm³/mol. The molecule has 1 amide bonds. The molecule has 0 spiro atoms. The van der Waals surface area contributed by atoms with E-state index in [-0.39, 0.29) is 11.3 Å². The average molecular weight is 431 g/mol. The molecule has 138 valence electrons. The van der Waals surface area contributed by atoms with Gasteiger partial charge in [-0.2, -0.15) is 0 Å². The molecule has 1 atom stereocenters. The third kappa shape index (κ3) is 4.25. The van der Waals surface area contributed by atoms with Crippen LogP contribution in [0, 0.1) is 0 Å². The van der Waals surface area contributed by atoms with Crippen molar-refractivity contribution >= 4 is 52.5 Å². The van der Waals surface area contributed by atoms with Crippen molar-refractivity contribution < 1.29 is 9.53 Å². The molecule has 0 radical (unpaired) electrons. The topological polar surface area (TPSA) is 29.5 Å². The van der Waals surface area contributed by atoms with Crippen molar-refractivity contribution in [1.82, 2.24) is 4.90 Å². The highest BCUT2D eigenvalue weighted by Gasteiger charge is 2.41. The number of rotatable bonds is 4. The highest BCUT2D eigenvalue weighted by Crippen LogP contribution is 2.42. The first kappa shape index (κ1) is 19.7. The molecule has 1 saturated heterocycles. The summed E-state index contributed by atoms with van der Waals surface area (Å²) in [6, 6.07) is 12.3. The summed E-state index contributed by atoms with van der Waals surface area (Å²) in [5, 5.41) is 1.60. The third-order valence-electron chi connectivity index (χ3n) is 4.08. The SMILES string of the molecule is CC(C)(Oc1ccc(Cl)cc1)C(=O)N1CCSC1c1ccc(Cl)cc1Cl. The summed E-state index contributed by atoms with van der Waals surface area (Å²) in [4.78, 5) is 15.0. The van der Waals surface area contributed by atoms with E-state index in [1.807, 2.05) is 11.0 Å². The molecule has 0 aromatic heterocycles. The molecular weight excluding hydrogens is 413 g/mol. The van der Waals surface area contributed by atoms with E-state index in [1.54, 1.807) is 62.0 Å². The fraction of sp³-hybridized carbons (Fsp3) is 0.316. The van der Waals surface area contributed by atoms with Crippen LogP contribution in [0.2, 0.25) is 15.1 Å². The van der Waals surface area contributed by atoms with Crippen LogP contribution in [0.25, 0.3) is 0 Å². The van der Waals surface area contributed by atoms with E-state index in [4.69, 9.17) is 39.5 Å². The molecule has 1 aliphatic rings. The van der Waals surface area contributed by atoms with E-state index in [9.17, 15) is 4.79 Å². The largest absolute Gasteiger partial charge is 0.478 e. The van der Waals surface area contributed by atoms with Crippen LogP contribution in [0.15, 0.2) is 42.5 Å². The van der Waals surface area contributed by atoms with Gasteiger partial charge in [-0.25, -0.2) is 0 Å². The van der Waals surface area contributed by atoms with Crippen molar-refractivity contribution in [3.8, 4) is 5.75 Å². The minimum Gasteiger partial charge on any atom is -0.478 e. The van der Waals surface area contributed by atoms with Crippen LogP contribution in [-0.4, -0.2) is 28.7 Å². The summed E-state index contributed by atoms with van der Waals surface area (Å²) in [5.74, 6) is 1.35.